The molecule has 2 N–H and O–H groups in total. The number of carboxylic acid groups (broad SMARTS) is 1. The first-order valence-electron chi connectivity index (χ1n) is 13.4. The third-order valence-electron chi connectivity index (χ3n) is 6.64. The lowest BCUT2D eigenvalue weighted by molar-refractivity contribution is -0.154. The molecular formula is C28H48O5. The SMILES string of the molecule is CCCCCCCCCCC(CCCCCCCC)COC(=O)C1=CC=CC(O)(C(=O)O)C1. The molecule has 190 valence electrons. The highest BCUT2D eigenvalue weighted by atomic mass is 16.5. The number of unbranched alkanes of at least 4 members (excludes halogenated alkanes) is 12. The Hall–Kier alpha value is -1.62. The number of ether oxygens (including phenoxy) is 1. The Labute approximate surface area is 201 Å². The average molecular weight is 465 g/mol. The van der Waals surface area contributed by atoms with E-state index in [2.05, 4.69) is 13.8 Å². The van der Waals surface area contributed by atoms with Crippen molar-refractivity contribution in [1.82, 2.24) is 0 Å². The van der Waals surface area contributed by atoms with Crippen molar-refractivity contribution in [2.45, 2.75) is 129 Å². The van der Waals surface area contributed by atoms with Gasteiger partial charge in [-0.25, -0.2) is 9.59 Å². The number of carbonyl (C=O) groups excluding carboxylic acids is 1. The first kappa shape index (κ1) is 29.4. The lowest BCUT2D eigenvalue weighted by atomic mass is 9.90. The third kappa shape index (κ3) is 13.0. The molecule has 2 atom stereocenters. The Morgan fingerprint density at radius 3 is 1.85 bits per heavy atom. The number of aliphatic carboxylic acids is 1. The molecule has 0 aromatic rings. The molecule has 0 amide bonds. The van der Waals surface area contributed by atoms with Crippen molar-refractivity contribution in [3.8, 4) is 0 Å². The van der Waals surface area contributed by atoms with Crippen molar-refractivity contribution in [3.05, 3.63) is 23.8 Å². The fourth-order valence-corrected chi connectivity index (χ4v) is 4.40. The molecule has 0 saturated heterocycles. The van der Waals surface area contributed by atoms with Gasteiger partial charge in [-0.2, -0.15) is 0 Å². The summed E-state index contributed by atoms with van der Waals surface area (Å²) in [4.78, 5) is 23.8. The number of allylic oxidation sites excluding steroid dienone is 2. The summed E-state index contributed by atoms with van der Waals surface area (Å²) in [6.07, 6.45) is 23.8. The summed E-state index contributed by atoms with van der Waals surface area (Å²) in [7, 11) is 0. The molecule has 0 spiro atoms. The Balaban J connectivity index is 2.43. The predicted molar refractivity (Wildman–Crippen MR) is 134 cm³/mol. The molecule has 0 saturated carbocycles. The van der Waals surface area contributed by atoms with E-state index in [9.17, 15) is 19.8 Å². The fraction of sp³-hybridized carbons (Fsp3) is 0.786. The highest BCUT2D eigenvalue weighted by molar-refractivity contribution is 5.92. The first-order valence-corrected chi connectivity index (χ1v) is 13.4. The van der Waals surface area contributed by atoms with Gasteiger partial charge in [0, 0.05) is 12.0 Å². The number of aliphatic hydroxyl groups is 1. The van der Waals surface area contributed by atoms with Crippen LogP contribution < -0.4 is 0 Å². The van der Waals surface area contributed by atoms with E-state index in [4.69, 9.17) is 4.74 Å². The lowest BCUT2D eigenvalue weighted by Gasteiger charge is -2.23. The zero-order valence-corrected chi connectivity index (χ0v) is 21.2. The maximum Gasteiger partial charge on any atom is 0.340 e. The van der Waals surface area contributed by atoms with Crippen LogP contribution in [-0.2, 0) is 14.3 Å². The van der Waals surface area contributed by atoms with Crippen LogP contribution in [0.4, 0.5) is 0 Å². The van der Waals surface area contributed by atoms with E-state index in [0.29, 0.717) is 12.5 Å². The van der Waals surface area contributed by atoms with Gasteiger partial charge < -0.3 is 14.9 Å². The molecule has 0 aliphatic heterocycles. The van der Waals surface area contributed by atoms with Crippen molar-refractivity contribution in [3.63, 3.8) is 0 Å². The van der Waals surface area contributed by atoms with E-state index >= 15 is 0 Å². The van der Waals surface area contributed by atoms with Gasteiger partial charge in [0.05, 0.1) is 6.61 Å². The quantitative estimate of drug-likeness (QED) is 0.148. The van der Waals surface area contributed by atoms with Gasteiger partial charge in [0.1, 0.15) is 0 Å². The van der Waals surface area contributed by atoms with Crippen molar-refractivity contribution < 1.29 is 24.5 Å². The monoisotopic (exact) mass is 464 g/mol. The molecule has 1 aliphatic carbocycles. The zero-order valence-electron chi connectivity index (χ0n) is 21.2. The van der Waals surface area contributed by atoms with Crippen LogP contribution in [0, 0.1) is 5.92 Å². The normalized spacial score (nSPS) is 18.7. The van der Waals surface area contributed by atoms with Gasteiger partial charge in [0.15, 0.2) is 5.60 Å². The van der Waals surface area contributed by atoms with Gasteiger partial charge in [0.2, 0.25) is 0 Å². The average Bonchev–Trinajstić information content (AvgIpc) is 2.80. The Morgan fingerprint density at radius 2 is 1.36 bits per heavy atom. The standard InChI is InChI=1S/C28H48O5/c1-3-5-7-9-11-12-14-16-19-24(18-15-13-10-8-6-4-2)23-33-26(29)25-20-17-21-28(32,22-25)27(30)31/h17,20-21,24,32H,3-16,18-19,22-23H2,1-2H3,(H,30,31). The number of hydrogen-bond donors (Lipinski definition) is 2. The predicted octanol–water partition coefficient (Wildman–Crippen LogP) is 7.13. The summed E-state index contributed by atoms with van der Waals surface area (Å²) in [5.74, 6) is -1.52. The summed E-state index contributed by atoms with van der Waals surface area (Å²) in [5, 5.41) is 19.4. The van der Waals surface area contributed by atoms with Gasteiger partial charge in [-0.15, -0.1) is 0 Å². The molecule has 1 rings (SSSR count). The molecule has 0 heterocycles. The molecule has 0 fully saturated rings. The lowest BCUT2D eigenvalue weighted by Crippen LogP contribution is -2.39. The van der Waals surface area contributed by atoms with Crippen LogP contribution in [0.3, 0.4) is 0 Å². The fourth-order valence-electron chi connectivity index (χ4n) is 4.40. The van der Waals surface area contributed by atoms with Crippen molar-refractivity contribution in [2.24, 2.45) is 5.92 Å². The second-order valence-electron chi connectivity index (χ2n) is 9.74. The number of hydrogen-bond acceptors (Lipinski definition) is 4. The minimum absolute atomic E-state index is 0.216. The summed E-state index contributed by atoms with van der Waals surface area (Å²) in [5.41, 5.74) is -1.81. The summed E-state index contributed by atoms with van der Waals surface area (Å²) < 4.78 is 5.59. The number of rotatable bonds is 20. The molecule has 2 unspecified atom stereocenters. The van der Waals surface area contributed by atoms with Gasteiger partial charge in [0.25, 0.3) is 0 Å². The number of carboxylic acids is 1. The maximum absolute atomic E-state index is 12.5. The van der Waals surface area contributed by atoms with Gasteiger partial charge in [-0.1, -0.05) is 116 Å². The molecule has 33 heavy (non-hydrogen) atoms. The number of carbonyl (C=O) groups is 2. The minimum Gasteiger partial charge on any atom is -0.479 e. The van der Waals surface area contributed by atoms with Crippen molar-refractivity contribution >= 4 is 11.9 Å². The van der Waals surface area contributed by atoms with Crippen LogP contribution in [0.2, 0.25) is 0 Å². The third-order valence-corrected chi connectivity index (χ3v) is 6.64. The van der Waals surface area contributed by atoms with Crippen LogP contribution in [0.1, 0.15) is 123 Å². The Morgan fingerprint density at radius 1 is 0.879 bits per heavy atom. The van der Waals surface area contributed by atoms with E-state index in [-0.39, 0.29) is 12.0 Å². The topological polar surface area (TPSA) is 83.8 Å². The van der Waals surface area contributed by atoms with Crippen molar-refractivity contribution in [2.75, 3.05) is 6.61 Å². The first-order chi connectivity index (χ1) is 15.9. The Bertz CT molecular complexity index is 609. The van der Waals surface area contributed by atoms with Gasteiger partial charge >= 0.3 is 11.9 Å². The summed E-state index contributed by atoms with van der Waals surface area (Å²) in [6, 6.07) is 0. The molecule has 0 bridgehead atoms. The molecule has 1 aliphatic rings. The van der Waals surface area contributed by atoms with Crippen LogP contribution in [0.25, 0.3) is 0 Å². The summed E-state index contributed by atoms with van der Waals surface area (Å²) in [6.45, 7) is 4.84. The zero-order chi connectivity index (χ0) is 24.4. The number of esters is 1. The van der Waals surface area contributed by atoms with Crippen LogP contribution in [-0.4, -0.2) is 34.4 Å². The largest absolute Gasteiger partial charge is 0.479 e. The molecule has 0 aromatic carbocycles. The van der Waals surface area contributed by atoms with Crippen molar-refractivity contribution in [1.29, 1.82) is 0 Å². The smallest absolute Gasteiger partial charge is 0.340 e. The van der Waals surface area contributed by atoms with Crippen LogP contribution in [0.15, 0.2) is 23.8 Å². The highest BCUT2D eigenvalue weighted by Gasteiger charge is 2.37. The molecular weight excluding hydrogens is 416 g/mol. The Kier molecular flexibility index (Phi) is 15.9. The second-order valence-corrected chi connectivity index (χ2v) is 9.74. The van der Waals surface area contributed by atoms with E-state index in [0.717, 1.165) is 25.7 Å². The highest BCUT2D eigenvalue weighted by Crippen LogP contribution is 2.25. The van der Waals surface area contributed by atoms with Crippen LogP contribution in [0.5, 0.6) is 0 Å². The van der Waals surface area contributed by atoms with Crippen LogP contribution >= 0.6 is 0 Å². The van der Waals surface area contributed by atoms with Gasteiger partial charge in [-0.05, 0) is 24.8 Å². The minimum atomic E-state index is -2.03. The van der Waals surface area contributed by atoms with Gasteiger partial charge in [-0.3, -0.25) is 0 Å². The summed E-state index contributed by atoms with van der Waals surface area (Å²) >= 11 is 0. The molecule has 5 nitrogen and oxygen atoms in total. The second kappa shape index (κ2) is 17.8. The van der Waals surface area contributed by atoms with E-state index in [1.807, 2.05) is 0 Å². The molecule has 0 radical (unpaired) electrons. The maximum atomic E-state index is 12.5. The molecule has 5 heteroatoms. The molecule has 0 aromatic heterocycles. The van der Waals surface area contributed by atoms with E-state index in [1.54, 1.807) is 6.08 Å². The van der Waals surface area contributed by atoms with E-state index in [1.165, 1.54) is 89.2 Å². The van der Waals surface area contributed by atoms with E-state index < -0.39 is 17.5 Å².